The molecule has 1 fully saturated rings. The summed E-state index contributed by atoms with van der Waals surface area (Å²) in [5, 5.41) is 14.1. The van der Waals surface area contributed by atoms with Gasteiger partial charge < -0.3 is 25.8 Å². The van der Waals surface area contributed by atoms with E-state index in [2.05, 4.69) is 44.5 Å². The molecule has 5 rings (SSSR count). The summed E-state index contributed by atoms with van der Waals surface area (Å²) in [7, 11) is 1.97. The molecule has 1 aromatic carbocycles. The number of hydrogen-bond acceptors (Lipinski definition) is 5. The Morgan fingerprint density at radius 1 is 1.17 bits per heavy atom. The number of nitrogens with zero attached hydrogens (tertiary/aromatic N) is 2. The van der Waals surface area contributed by atoms with Gasteiger partial charge in [0.25, 0.3) is 0 Å². The lowest BCUT2D eigenvalue weighted by molar-refractivity contribution is 0.534. The van der Waals surface area contributed by atoms with E-state index in [9.17, 15) is 0 Å². The molecule has 2 aliphatic heterocycles. The molecule has 2 aromatic rings. The van der Waals surface area contributed by atoms with Crippen molar-refractivity contribution in [1.82, 2.24) is 25.5 Å². The van der Waals surface area contributed by atoms with Crippen LogP contribution in [0.25, 0.3) is 5.70 Å². The van der Waals surface area contributed by atoms with Gasteiger partial charge in [0.15, 0.2) is 0 Å². The molecule has 3 heterocycles. The SMILES string of the molecule is C1CNCCN1.Cn1cncc1NC1=CC2=CC=CNC2Cc2ccc(Cl)cc21. The third-order valence-electron chi connectivity index (χ3n) is 5.22. The third kappa shape index (κ3) is 4.90. The lowest BCUT2D eigenvalue weighted by Gasteiger charge is -2.20. The first-order valence-corrected chi connectivity index (χ1v) is 10.4. The molecule has 0 radical (unpaired) electrons. The molecular formula is C22H27ClN6. The molecule has 0 bridgehead atoms. The van der Waals surface area contributed by atoms with Crippen LogP contribution in [0.1, 0.15) is 11.1 Å². The number of halogens is 1. The summed E-state index contributed by atoms with van der Waals surface area (Å²) in [5.41, 5.74) is 4.70. The lowest BCUT2D eigenvalue weighted by Crippen LogP contribution is -2.39. The maximum absolute atomic E-state index is 6.25. The number of rotatable bonds is 2. The Bertz CT molecular complexity index is 927. The zero-order valence-electron chi connectivity index (χ0n) is 16.6. The van der Waals surface area contributed by atoms with Crippen molar-refractivity contribution in [2.45, 2.75) is 12.5 Å². The predicted octanol–water partition coefficient (Wildman–Crippen LogP) is 2.67. The van der Waals surface area contributed by atoms with Gasteiger partial charge in [-0.25, -0.2) is 4.98 Å². The number of fused-ring (bicyclic) bond motifs is 2. The Morgan fingerprint density at radius 3 is 2.66 bits per heavy atom. The minimum absolute atomic E-state index is 0.283. The molecule has 7 heteroatoms. The number of nitrogens with one attached hydrogen (secondary N) is 4. The van der Waals surface area contributed by atoms with E-state index < -0.39 is 0 Å². The summed E-state index contributed by atoms with van der Waals surface area (Å²) >= 11 is 6.25. The Labute approximate surface area is 176 Å². The van der Waals surface area contributed by atoms with Crippen LogP contribution >= 0.6 is 11.6 Å². The Morgan fingerprint density at radius 2 is 1.97 bits per heavy atom. The van der Waals surface area contributed by atoms with Crippen LogP contribution in [-0.4, -0.2) is 41.8 Å². The predicted molar refractivity (Wildman–Crippen MR) is 120 cm³/mol. The molecule has 1 unspecified atom stereocenters. The van der Waals surface area contributed by atoms with Gasteiger partial charge in [-0.3, -0.25) is 0 Å². The second kappa shape index (κ2) is 9.31. The van der Waals surface area contributed by atoms with Gasteiger partial charge in [0, 0.05) is 49.5 Å². The monoisotopic (exact) mass is 410 g/mol. The van der Waals surface area contributed by atoms with Crippen LogP contribution in [0.2, 0.25) is 5.02 Å². The van der Waals surface area contributed by atoms with Gasteiger partial charge in [-0.15, -0.1) is 0 Å². The van der Waals surface area contributed by atoms with Crippen LogP contribution in [0.5, 0.6) is 0 Å². The molecule has 152 valence electrons. The van der Waals surface area contributed by atoms with Crippen LogP contribution in [0.4, 0.5) is 5.82 Å². The van der Waals surface area contributed by atoms with Crippen molar-refractivity contribution in [2.24, 2.45) is 7.05 Å². The van der Waals surface area contributed by atoms with E-state index in [1.54, 1.807) is 6.33 Å². The molecule has 0 saturated carbocycles. The molecule has 0 amide bonds. The smallest absolute Gasteiger partial charge is 0.130 e. The number of benzene rings is 1. The molecule has 6 nitrogen and oxygen atoms in total. The van der Waals surface area contributed by atoms with Crippen LogP contribution in [0, 0.1) is 0 Å². The van der Waals surface area contributed by atoms with Gasteiger partial charge in [0.05, 0.1) is 18.6 Å². The first kappa shape index (κ1) is 19.8. The Hall–Kier alpha value is -2.54. The minimum Gasteiger partial charge on any atom is -0.384 e. The van der Waals surface area contributed by atoms with Gasteiger partial charge in [-0.05, 0) is 48.0 Å². The maximum Gasteiger partial charge on any atom is 0.130 e. The number of anilines is 1. The summed E-state index contributed by atoms with van der Waals surface area (Å²) < 4.78 is 1.96. The van der Waals surface area contributed by atoms with Crippen molar-refractivity contribution in [3.05, 3.63) is 76.9 Å². The van der Waals surface area contributed by atoms with Gasteiger partial charge in [-0.1, -0.05) is 23.7 Å². The van der Waals surface area contributed by atoms with Crippen molar-refractivity contribution < 1.29 is 0 Å². The summed E-state index contributed by atoms with van der Waals surface area (Å²) in [6, 6.07) is 6.37. The first-order valence-electron chi connectivity index (χ1n) is 9.99. The first-order chi connectivity index (χ1) is 14.2. The Kier molecular flexibility index (Phi) is 6.34. The standard InChI is InChI=1S/C18H17ClN4.C4H10N2/c1-23-11-20-10-18(23)22-17-8-13-3-2-6-21-16(13)7-12-4-5-14(19)9-15(12)17;1-2-6-4-3-5-1/h2-6,8-11,16,21-22H,7H2,1H3;5-6H,1-4H2. The van der Waals surface area contributed by atoms with E-state index in [1.807, 2.05) is 42.2 Å². The average Bonchev–Trinajstić information content (AvgIpc) is 3.09. The van der Waals surface area contributed by atoms with Crippen molar-refractivity contribution in [1.29, 1.82) is 0 Å². The lowest BCUT2D eigenvalue weighted by atomic mass is 9.98. The van der Waals surface area contributed by atoms with Gasteiger partial charge in [-0.2, -0.15) is 0 Å². The summed E-state index contributed by atoms with van der Waals surface area (Å²) in [6.07, 6.45) is 12.9. The second-order valence-corrected chi connectivity index (χ2v) is 7.76. The quantitative estimate of drug-likeness (QED) is 0.613. The number of aromatic nitrogens is 2. The highest BCUT2D eigenvalue weighted by atomic mass is 35.5. The van der Waals surface area contributed by atoms with E-state index in [4.69, 9.17) is 11.6 Å². The number of aryl methyl sites for hydroxylation is 1. The van der Waals surface area contributed by atoms with E-state index in [0.717, 1.165) is 54.7 Å². The van der Waals surface area contributed by atoms with E-state index in [0.29, 0.717) is 0 Å². The highest BCUT2D eigenvalue weighted by molar-refractivity contribution is 6.30. The molecule has 4 N–H and O–H groups in total. The molecule has 29 heavy (non-hydrogen) atoms. The minimum atomic E-state index is 0.283. The normalized spacial score (nSPS) is 20.0. The fourth-order valence-electron chi connectivity index (χ4n) is 3.63. The third-order valence-corrected chi connectivity index (χ3v) is 5.45. The maximum atomic E-state index is 6.25. The number of dihydropyridines is 1. The van der Waals surface area contributed by atoms with Gasteiger partial charge >= 0.3 is 0 Å². The molecule has 0 spiro atoms. The summed E-state index contributed by atoms with van der Waals surface area (Å²) in [4.78, 5) is 4.17. The second-order valence-electron chi connectivity index (χ2n) is 7.32. The van der Waals surface area contributed by atoms with Crippen molar-refractivity contribution >= 4 is 23.1 Å². The van der Waals surface area contributed by atoms with Crippen molar-refractivity contribution in [2.75, 3.05) is 31.5 Å². The summed E-state index contributed by atoms with van der Waals surface area (Å²) in [5.74, 6) is 0.945. The Balaban J connectivity index is 0.000000294. The van der Waals surface area contributed by atoms with Crippen molar-refractivity contribution in [3.8, 4) is 0 Å². The molecule has 1 atom stereocenters. The largest absolute Gasteiger partial charge is 0.384 e. The fourth-order valence-corrected chi connectivity index (χ4v) is 3.81. The highest BCUT2D eigenvalue weighted by Gasteiger charge is 2.22. The number of allylic oxidation sites excluding steroid dienone is 2. The zero-order valence-corrected chi connectivity index (χ0v) is 17.3. The van der Waals surface area contributed by atoms with Crippen molar-refractivity contribution in [3.63, 3.8) is 0 Å². The average molecular weight is 411 g/mol. The van der Waals surface area contributed by atoms with Gasteiger partial charge in [0.2, 0.25) is 0 Å². The van der Waals surface area contributed by atoms with Crippen LogP contribution in [-0.2, 0) is 13.5 Å². The van der Waals surface area contributed by atoms with E-state index >= 15 is 0 Å². The number of piperazine rings is 1. The van der Waals surface area contributed by atoms with E-state index in [1.165, 1.54) is 11.1 Å². The number of imidazole rings is 1. The van der Waals surface area contributed by atoms with Gasteiger partial charge in [0.1, 0.15) is 5.82 Å². The zero-order chi connectivity index (χ0) is 20.1. The molecular weight excluding hydrogens is 384 g/mol. The molecule has 1 saturated heterocycles. The number of hydrogen-bond donors (Lipinski definition) is 4. The van der Waals surface area contributed by atoms with Crippen LogP contribution in [0.15, 0.2) is 60.7 Å². The fraction of sp³-hybridized carbons (Fsp3) is 0.318. The summed E-state index contributed by atoms with van der Waals surface area (Å²) in [6.45, 7) is 4.56. The topological polar surface area (TPSA) is 65.9 Å². The molecule has 1 aromatic heterocycles. The molecule has 1 aliphatic carbocycles. The van der Waals surface area contributed by atoms with E-state index in [-0.39, 0.29) is 6.04 Å². The van der Waals surface area contributed by atoms with Crippen LogP contribution < -0.4 is 21.3 Å². The molecule has 3 aliphatic rings. The highest BCUT2D eigenvalue weighted by Crippen LogP contribution is 2.32. The van der Waals surface area contributed by atoms with Crippen LogP contribution in [0.3, 0.4) is 0 Å².